The number of benzene rings is 1. The molecule has 1 aromatic carbocycles. The summed E-state index contributed by atoms with van der Waals surface area (Å²) in [7, 11) is 1.69. The average molecular weight is 359 g/mol. The number of hydrogen-bond acceptors (Lipinski definition) is 5. The molecule has 1 saturated carbocycles. The second-order valence-corrected chi connectivity index (χ2v) is 6.81. The number of ether oxygens (including phenoxy) is 2. The van der Waals surface area contributed by atoms with Gasteiger partial charge in [-0.2, -0.15) is 12.6 Å². The molecule has 0 amide bonds. The van der Waals surface area contributed by atoms with Crippen LogP contribution in [0.5, 0.6) is 11.5 Å². The summed E-state index contributed by atoms with van der Waals surface area (Å²) in [6.07, 6.45) is 8.73. The van der Waals surface area contributed by atoms with Crippen molar-refractivity contribution in [3.05, 3.63) is 48.3 Å². The number of aromatic nitrogens is 1. The molecule has 134 valence electrons. The summed E-state index contributed by atoms with van der Waals surface area (Å²) in [6, 6.07) is 10.3. The predicted molar refractivity (Wildman–Crippen MR) is 105 cm³/mol. The van der Waals surface area contributed by atoms with Crippen molar-refractivity contribution >= 4 is 18.3 Å². The minimum absolute atomic E-state index is 0.308. The molecule has 0 aliphatic heterocycles. The van der Waals surface area contributed by atoms with Gasteiger partial charge in [-0.3, -0.25) is 4.98 Å². The maximum Gasteiger partial charge on any atom is 0.163 e. The summed E-state index contributed by atoms with van der Waals surface area (Å²) < 4.78 is 11.7. The van der Waals surface area contributed by atoms with E-state index in [0.717, 1.165) is 48.9 Å². The topological polar surface area (TPSA) is 34.6 Å². The van der Waals surface area contributed by atoms with Crippen LogP contribution in [0.15, 0.2) is 42.7 Å². The second kappa shape index (κ2) is 8.99. The highest BCUT2D eigenvalue weighted by Crippen LogP contribution is 2.35. The molecule has 2 aromatic rings. The van der Waals surface area contributed by atoms with Crippen molar-refractivity contribution in [1.82, 2.24) is 4.98 Å². The van der Waals surface area contributed by atoms with Crippen LogP contribution in [0.1, 0.15) is 31.2 Å². The summed E-state index contributed by atoms with van der Waals surface area (Å²) in [5.41, 5.74) is 2.35. The molecular weight excluding hydrogens is 332 g/mol. The number of anilines is 1. The molecule has 0 saturated heterocycles. The van der Waals surface area contributed by atoms with Crippen LogP contribution in [0.3, 0.4) is 0 Å². The number of hydrogen-bond donors (Lipinski definition) is 1. The van der Waals surface area contributed by atoms with Gasteiger partial charge in [0.2, 0.25) is 0 Å². The Bertz CT molecular complexity index is 660. The van der Waals surface area contributed by atoms with E-state index in [4.69, 9.17) is 9.47 Å². The molecule has 0 N–H and O–H groups in total. The third kappa shape index (κ3) is 4.82. The Balaban J connectivity index is 1.82. The standard InChI is InChI=1S/C20H26N2O2S/c1-23-19-7-6-17(14-20(19)24-18-4-2-3-5-18)22(12-13-25)15-16-8-10-21-11-9-16/h6-11,14,18,25H,2-5,12-13,15H2,1H3. The van der Waals surface area contributed by atoms with Crippen LogP contribution in [0.2, 0.25) is 0 Å². The van der Waals surface area contributed by atoms with Crippen molar-refractivity contribution in [3.8, 4) is 11.5 Å². The summed E-state index contributed by atoms with van der Waals surface area (Å²) in [5, 5.41) is 0. The van der Waals surface area contributed by atoms with Crippen LogP contribution in [0.4, 0.5) is 5.69 Å². The van der Waals surface area contributed by atoms with Crippen LogP contribution < -0.4 is 14.4 Å². The Morgan fingerprint density at radius 1 is 1.12 bits per heavy atom. The van der Waals surface area contributed by atoms with Gasteiger partial charge in [-0.15, -0.1) is 0 Å². The lowest BCUT2D eigenvalue weighted by Gasteiger charge is -2.26. The van der Waals surface area contributed by atoms with Gasteiger partial charge in [0, 0.05) is 43.0 Å². The molecule has 1 aliphatic carbocycles. The molecule has 0 spiro atoms. The SMILES string of the molecule is COc1ccc(N(CCS)Cc2ccncc2)cc1OC1CCCC1. The fourth-order valence-electron chi connectivity index (χ4n) is 3.27. The highest BCUT2D eigenvalue weighted by molar-refractivity contribution is 7.80. The summed E-state index contributed by atoms with van der Waals surface area (Å²) >= 11 is 4.43. The first-order valence-electron chi connectivity index (χ1n) is 8.89. The average Bonchev–Trinajstić information content (AvgIpc) is 3.15. The lowest BCUT2D eigenvalue weighted by Crippen LogP contribution is -2.25. The van der Waals surface area contributed by atoms with E-state index in [0.29, 0.717) is 6.10 Å². The zero-order chi connectivity index (χ0) is 17.5. The monoisotopic (exact) mass is 358 g/mol. The van der Waals surface area contributed by atoms with E-state index in [-0.39, 0.29) is 0 Å². The Morgan fingerprint density at radius 2 is 1.88 bits per heavy atom. The van der Waals surface area contributed by atoms with Crippen molar-refractivity contribution < 1.29 is 9.47 Å². The van der Waals surface area contributed by atoms with E-state index in [2.05, 4.69) is 34.6 Å². The first-order chi connectivity index (χ1) is 12.3. The summed E-state index contributed by atoms with van der Waals surface area (Å²) in [6.45, 7) is 1.68. The third-order valence-corrected chi connectivity index (χ3v) is 4.80. The van der Waals surface area contributed by atoms with E-state index in [1.807, 2.05) is 30.6 Å². The zero-order valence-corrected chi connectivity index (χ0v) is 15.6. The highest BCUT2D eigenvalue weighted by atomic mass is 32.1. The first kappa shape index (κ1) is 17.9. The van der Waals surface area contributed by atoms with Gasteiger partial charge in [0.25, 0.3) is 0 Å². The van der Waals surface area contributed by atoms with Gasteiger partial charge in [0.15, 0.2) is 11.5 Å². The van der Waals surface area contributed by atoms with Crippen LogP contribution in [-0.4, -0.2) is 30.5 Å². The van der Waals surface area contributed by atoms with E-state index in [9.17, 15) is 0 Å². The highest BCUT2D eigenvalue weighted by Gasteiger charge is 2.19. The zero-order valence-electron chi connectivity index (χ0n) is 14.7. The van der Waals surface area contributed by atoms with E-state index in [1.54, 1.807) is 7.11 Å². The van der Waals surface area contributed by atoms with Crippen LogP contribution in [-0.2, 0) is 6.54 Å². The molecule has 1 heterocycles. The maximum absolute atomic E-state index is 6.24. The smallest absolute Gasteiger partial charge is 0.163 e. The van der Waals surface area contributed by atoms with Crippen molar-refractivity contribution in [2.24, 2.45) is 0 Å². The van der Waals surface area contributed by atoms with Gasteiger partial charge in [0.05, 0.1) is 13.2 Å². The quantitative estimate of drug-likeness (QED) is 0.712. The predicted octanol–water partition coefficient (Wildman–Crippen LogP) is 4.35. The number of methoxy groups -OCH3 is 1. The minimum Gasteiger partial charge on any atom is -0.493 e. The van der Waals surface area contributed by atoms with Crippen molar-refractivity contribution in [2.45, 2.75) is 38.3 Å². The van der Waals surface area contributed by atoms with Crippen molar-refractivity contribution in [1.29, 1.82) is 0 Å². The van der Waals surface area contributed by atoms with Gasteiger partial charge < -0.3 is 14.4 Å². The van der Waals surface area contributed by atoms with E-state index >= 15 is 0 Å². The second-order valence-electron chi connectivity index (χ2n) is 6.36. The molecule has 1 aromatic heterocycles. The molecule has 1 aliphatic rings. The summed E-state index contributed by atoms with van der Waals surface area (Å²) in [5.74, 6) is 2.42. The lowest BCUT2D eigenvalue weighted by atomic mass is 10.2. The summed E-state index contributed by atoms with van der Waals surface area (Å²) in [4.78, 5) is 6.40. The van der Waals surface area contributed by atoms with Gasteiger partial charge in [-0.25, -0.2) is 0 Å². The number of thiol groups is 1. The Morgan fingerprint density at radius 3 is 2.56 bits per heavy atom. The van der Waals surface area contributed by atoms with Gasteiger partial charge in [0.1, 0.15) is 0 Å². The number of rotatable bonds is 8. The molecule has 0 atom stereocenters. The largest absolute Gasteiger partial charge is 0.493 e. The van der Waals surface area contributed by atoms with E-state index < -0.39 is 0 Å². The normalized spacial score (nSPS) is 14.5. The van der Waals surface area contributed by atoms with Crippen LogP contribution in [0.25, 0.3) is 0 Å². The molecule has 0 radical (unpaired) electrons. The fourth-order valence-corrected chi connectivity index (χ4v) is 3.51. The molecule has 5 heteroatoms. The van der Waals surface area contributed by atoms with E-state index in [1.165, 1.54) is 18.4 Å². The van der Waals surface area contributed by atoms with Crippen LogP contribution in [0, 0.1) is 0 Å². The molecule has 0 bridgehead atoms. The van der Waals surface area contributed by atoms with Gasteiger partial charge >= 0.3 is 0 Å². The molecule has 0 unspecified atom stereocenters. The van der Waals surface area contributed by atoms with Crippen molar-refractivity contribution in [3.63, 3.8) is 0 Å². The Labute approximate surface area is 155 Å². The fraction of sp³-hybridized carbons (Fsp3) is 0.450. The third-order valence-electron chi connectivity index (χ3n) is 4.60. The number of nitrogens with zero attached hydrogens (tertiary/aromatic N) is 2. The minimum atomic E-state index is 0.308. The first-order valence-corrected chi connectivity index (χ1v) is 9.53. The Kier molecular flexibility index (Phi) is 6.45. The molecule has 3 rings (SSSR count). The Hall–Kier alpha value is -1.88. The molecule has 25 heavy (non-hydrogen) atoms. The molecule has 4 nitrogen and oxygen atoms in total. The van der Waals surface area contributed by atoms with Crippen LogP contribution >= 0.6 is 12.6 Å². The van der Waals surface area contributed by atoms with Gasteiger partial charge in [-0.05, 0) is 55.5 Å². The number of pyridine rings is 1. The molecule has 1 fully saturated rings. The molecular formula is C20H26N2O2S. The van der Waals surface area contributed by atoms with Crippen molar-refractivity contribution in [2.75, 3.05) is 24.3 Å². The maximum atomic E-state index is 6.24. The lowest BCUT2D eigenvalue weighted by molar-refractivity contribution is 0.201. The van der Waals surface area contributed by atoms with Gasteiger partial charge in [-0.1, -0.05) is 0 Å².